The fraction of sp³-hybridized carbons (Fsp3) is 0.100. The molecule has 0 saturated heterocycles. The maximum absolute atomic E-state index is 11.5. The van der Waals surface area contributed by atoms with E-state index in [1.807, 2.05) is 5.38 Å². The molecule has 1 aliphatic carbocycles. The Morgan fingerprint density at radius 2 is 2.07 bits per heavy atom. The molecule has 1 aromatic rings. The number of hydrogen-bond donors (Lipinski definition) is 2. The van der Waals surface area contributed by atoms with E-state index in [1.165, 1.54) is 23.5 Å². The average molecular weight is 208 g/mol. The summed E-state index contributed by atoms with van der Waals surface area (Å²) in [5.41, 5.74) is 0. The number of rotatable bonds is 1. The molecule has 14 heavy (non-hydrogen) atoms. The first kappa shape index (κ1) is 9.02. The molecule has 2 rings (SSSR count). The predicted octanol–water partition coefficient (Wildman–Crippen LogP) is 2.30. The van der Waals surface area contributed by atoms with Gasteiger partial charge in [0.2, 0.25) is 0 Å². The maximum Gasteiger partial charge on any atom is 0.171 e. The van der Waals surface area contributed by atoms with E-state index in [1.54, 1.807) is 12.1 Å². The lowest BCUT2D eigenvalue weighted by Crippen LogP contribution is -2.16. The minimum absolute atomic E-state index is 0.206. The second kappa shape index (κ2) is 3.31. The summed E-state index contributed by atoms with van der Waals surface area (Å²) < 4.78 is 0. The highest BCUT2D eigenvalue weighted by molar-refractivity contribution is 7.10. The Bertz CT molecular complexity index is 415. The molecule has 0 fully saturated rings. The van der Waals surface area contributed by atoms with E-state index in [4.69, 9.17) is 0 Å². The molecule has 0 bridgehead atoms. The van der Waals surface area contributed by atoms with Crippen LogP contribution >= 0.6 is 11.3 Å². The second-order valence-corrected chi connectivity index (χ2v) is 3.93. The van der Waals surface area contributed by atoms with Gasteiger partial charge < -0.3 is 10.2 Å². The minimum Gasteiger partial charge on any atom is -0.507 e. The Morgan fingerprint density at radius 1 is 1.29 bits per heavy atom. The molecule has 2 N–H and O–H groups in total. The molecule has 0 aliphatic heterocycles. The first-order chi connectivity index (χ1) is 6.70. The van der Waals surface area contributed by atoms with Gasteiger partial charge in [-0.1, -0.05) is 6.07 Å². The molecule has 0 spiro atoms. The van der Waals surface area contributed by atoms with Gasteiger partial charge in [-0.25, -0.2) is 0 Å². The van der Waals surface area contributed by atoms with Crippen molar-refractivity contribution in [2.75, 3.05) is 0 Å². The molecule has 1 heterocycles. The van der Waals surface area contributed by atoms with Crippen LogP contribution in [0.25, 0.3) is 0 Å². The summed E-state index contributed by atoms with van der Waals surface area (Å²) >= 11 is 1.38. The van der Waals surface area contributed by atoms with Gasteiger partial charge in [-0.05, 0) is 23.6 Å². The SMILES string of the molecule is O=C1C=CC(O)=C(O)C1c1cccs1. The molecule has 0 amide bonds. The molecule has 1 unspecified atom stereocenters. The quantitative estimate of drug-likeness (QED) is 0.744. The van der Waals surface area contributed by atoms with Crippen molar-refractivity contribution in [1.29, 1.82) is 0 Å². The lowest BCUT2D eigenvalue weighted by atomic mass is 9.95. The van der Waals surface area contributed by atoms with Gasteiger partial charge in [0.1, 0.15) is 11.7 Å². The van der Waals surface area contributed by atoms with E-state index in [0.717, 1.165) is 4.88 Å². The van der Waals surface area contributed by atoms with Crippen LogP contribution < -0.4 is 0 Å². The van der Waals surface area contributed by atoms with E-state index >= 15 is 0 Å². The highest BCUT2D eigenvalue weighted by Crippen LogP contribution is 2.31. The van der Waals surface area contributed by atoms with Crippen molar-refractivity contribution in [1.82, 2.24) is 0 Å². The number of hydrogen-bond acceptors (Lipinski definition) is 4. The smallest absolute Gasteiger partial charge is 0.171 e. The maximum atomic E-state index is 11.5. The van der Waals surface area contributed by atoms with E-state index in [-0.39, 0.29) is 17.3 Å². The fourth-order valence-corrected chi connectivity index (χ4v) is 2.19. The number of allylic oxidation sites excluding steroid dienone is 3. The molecule has 72 valence electrons. The third kappa shape index (κ3) is 1.33. The summed E-state index contributed by atoms with van der Waals surface area (Å²) in [5.74, 6) is -1.43. The average Bonchev–Trinajstić information content (AvgIpc) is 2.65. The summed E-state index contributed by atoms with van der Waals surface area (Å²) in [4.78, 5) is 12.2. The summed E-state index contributed by atoms with van der Waals surface area (Å²) in [7, 11) is 0. The molecule has 0 saturated carbocycles. The lowest BCUT2D eigenvalue weighted by Gasteiger charge is -2.15. The third-order valence-electron chi connectivity index (χ3n) is 2.05. The molecule has 1 aromatic heterocycles. The van der Waals surface area contributed by atoms with Gasteiger partial charge in [0, 0.05) is 4.88 Å². The number of carbonyl (C=O) groups is 1. The van der Waals surface area contributed by atoms with Crippen molar-refractivity contribution >= 4 is 17.1 Å². The van der Waals surface area contributed by atoms with Crippen LogP contribution in [0.5, 0.6) is 0 Å². The zero-order valence-electron chi connectivity index (χ0n) is 7.18. The largest absolute Gasteiger partial charge is 0.507 e. The minimum atomic E-state index is -0.722. The van der Waals surface area contributed by atoms with Crippen molar-refractivity contribution in [2.45, 2.75) is 5.92 Å². The van der Waals surface area contributed by atoms with E-state index in [0.29, 0.717) is 0 Å². The van der Waals surface area contributed by atoms with E-state index in [9.17, 15) is 15.0 Å². The highest BCUT2D eigenvalue weighted by atomic mass is 32.1. The molecular weight excluding hydrogens is 200 g/mol. The zero-order valence-corrected chi connectivity index (χ0v) is 7.99. The Hall–Kier alpha value is -1.55. The van der Waals surface area contributed by atoms with Crippen molar-refractivity contribution in [3.63, 3.8) is 0 Å². The van der Waals surface area contributed by atoms with Gasteiger partial charge in [-0.3, -0.25) is 4.79 Å². The van der Waals surface area contributed by atoms with Crippen LogP contribution in [-0.4, -0.2) is 16.0 Å². The summed E-state index contributed by atoms with van der Waals surface area (Å²) in [6, 6.07) is 3.56. The summed E-state index contributed by atoms with van der Waals surface area (Å²) in [6.45, 7) is 0. The van der Waals surface area contributed by atoms with Crippen molar-refractivity contribution in [3.05, 3.63) is 46.1 Å². The van der Waals surface area contributed by atoms with Crippen molar-refractivity contribution in [3.8, 4) is 0 Å². The number of thiophene rings is 1. The van der Waals surface area contributed by atoms with Gasteiger partial charge in [-0.15, -0.1) is 11.3 Å². The third-order valence-corrected chi connectivity index (χ3v) is 2.99. The van der Waals surface area contributed by atoms with Gasteiger partial charge in [0.25, 0.3) is 0 Å². The molecule has 4 heteroatoms. The molecule has 0 radical (unpaired) electrons. The normalized spacial score (nSPS) is 21.7. The molecule has 1 atom stereocenters. The predicted molar refractivity (Wildman–Crippen MR) is 53.5 cm³/mol. The van der Waals surface area contributed by atoms with Crippen LogP contribution in [0.15, 0.2) is 41.2 Å². The monoisotopic (exact) mass is 208 g/mol. The topological polar surface area (TPSA) is 57.5 Å². The van der Waals surface area contributed by atoms with Crippen LogP contribution in [0.2, 0.25) is 0 Å². The highest BCUT2D eigenvalue weighted by Gasteiger charge is 2.29. The number of aliphatic hydroxyl groups excluding tert-OH is 2. The van der Waals surface area contributed by atoms with Crippen molar-refractivity contribution in [2.24, 2.45) is 0 Å². The van der Waals surface area contributed by atoms with Crippen LogP contribution in [0.1, 0.15) is 10.8 Å². The van der Waals surface area contributed by atoms with E-state index < -0.39 is 5.92 Å². The second-order valence-electron chi connectivity index (χ2n) is 2.95. The lowest BCUT2D eigenvalue weighted by molar-refractivity contribution is -0.116. The molecule has 3 nitrogen and oxygen atoms in total. The van der Waals surface area contributed by atoms with Crippen LogP contribution in [-0.2, 0) is 4.79 Å². The first-order valence-corrected chi connectivity index (χ1v) is 4.95. The van der Waals surface area contributed by atoms with Crippen molar-refractivity contribution < 1.29 is 15.0 Å². The molecule has 0 aromatic carbocycles. The number of carbonyl (C=O) groups excluding carboxylic acids is 1. The van der Waals surface area contributed by atoms with Gasteiger partial charge >= 0.3 is 0 Å². The Morgan fingerprint density at radius 3 is 2.71 bits per heavy atom. The number of aliphatic hydroxyl groups is 2. The standard InChI is InChI=1S/C10H8O3S/c11-6-3-4-7(12)10(13)9(6)8-2-1-5-14-8/h1-5,9,12-13H. The molecular formula is C10H8O3S. The van der Waals surface area contributed by atoms with Crippen LogP contribution in [0.3, 0.4) is 0 Å². The zero-order chi connectivity index (χ0) is 10.1. The Labute approximate surface area is 84.6 Å². The van der Waals surface area contributed by atoms with Gasteiger partial charge in [-0.2, -0.15) is 0 Å². The summed E-state index contributed by atoms with van der Waals surface area (Å²) in [6.07, 6.45) is 2.49. The van der Waals surface area contributed by atoms with Gasteiger partial charge in [0.05, 0.1) is 0 Å². The molecule has 1 aliphatic rings. The fourth-order valence-electron chi connectivity index (χ4n) is 1.36. The van der Waals surface area contributed by atoms with Crippen LogP contribution in [0, 0.1) is 0 Å². The van der Waals surface area contributed by atoms with E-state index in [2.05, 4.69) is 0 Å². The van der Waals surface area contributed by atoms with Crippen LogP contribution in [0.4, 0.5) is 0 Å². The Balaban J connectivity index is 2.45. The number of ketones is 1. The first-order valence-electron chi connectivity index (χ1n) is 4.07. The van der Waals surface area contributed by atoms with Gasteiger partial charge in [0.15, 0.2) is 11.5 Å². The summed E-state index contributed by atoms with van der Waals surface area (Å²) in [5, 5.41) is 20.6. The Kier molecular flexibility index (Phi) is 2.13.